The van der Waals surface area contributed by atoms with Crippen molar-refractivity contribution in [3.05, 3.63) is 46.2 Å². The first kappa shape index (κ1) is 9.46. The summed E-state index contributed by atoms with van der Waals surface area (Å²) in [4.78, 5) is 0. The second-order valence-corrected chi connectivity index (χ2v) is 4.23. The van der Waals surface area contributed by atoms with Crippen molar-refractivity contribution >= 4 is 15.9 Å². The van der Waals surface area contributed by atoms with Gasteiger partial charge in [-0.15, -0.1) is 0 Å². The first-order chi connectivity index (χ1) is 6.66. The van der Waals surface area contributed by atoms with Gasteiger partial charge in [0.05, 0.1) is 11.4 Å². The number of aryl methyl sites for hydroxylation is 2. The molecular weight excluding hydrogens is 240 g/mol. The van der Waals surface area contributed by atoms with Crippen LogP contribution in [-0.2, 0) is 0 Å². The van der Waals surface area contributed by atoms with Gasteiger partial charge in [-0.1, -0.05) is 15.9 Å². The highest BCUT2D eigenvalue weighted by Gasteiger charge is 2.02. The van der Waals surface area contributed by atoms with Crippen molar-refractivity contribution < 1.29 is 0 Å². The molecule has 2 aromatic rings. The summed E-state index contributed by atoms with van der Waals surface area (Å²) in [5, 5.41) is 4.41. The average molecular weight is 251 g/mol. The van der Waals surface area contributed by atoms with Gasteiger partial charge in [-0.05, 0) is 44.2 Å². The summed E-state index contributed by atoms with van der Waals surface area (Å²) in [6, 6.07) is 10.2. The van der Waals surface area contributed by atoms with Crippen LogP contribution in [0, 0.1) is 13.8 Å². The van der Waals surface area contributed by atoms with Gasteiger partial charge < -0.3 is 0 Å². The number of halogens is 1. The van der Waals surface area contributed by atoms with Gasteiger partial charge in [-0.3, -0.25) is 0 Å². The minimum atomic E-state index is 1.05. The zero-order valence-corrected chi connectivity index (χ0v) is 9.75. The number of aromatic nitrogens is 2. The largest absolute Gasteiger partial charge is 0.238 e. The van der Waals surface area contributed by atoms with E-state index in [1.54, 1.807) is 0 Å². The lowest BCUT2D eigenvalue weighted by Crippen LogP contribution is -1.98. The summed E-state index contributed by atoms with van der Waals surface area (Å²) in [5.41, 5.74) is 3.30. The highest BCUT2D eigenvalue weighted by atomic mass is 79.9. The van der Waals surface area contributed by atoms with Crippen molar-refractivity contribution in [2.24, 2.45) is 0 Å². The molecule has 0 aliphatic carbocycles. The van der Waals surface area contributed by atoms with Crippen molar-refractivity contribution in [3.8, 4) is 5.69 Å². The second-order valence-electron chi connectivity index (χ2n) is 3.32. The van der Waals surface area contributed by atoms with Crippen LogP contribution in [0.15, 0.2) is 34.8 Å². The molecule has 0 amide bonds. The molecule has 0 aliphatic heterocycles. The van der Waals surface area contributed by atoms with Gasteiger partial charge in [-0.2, -0.15) is 5.10 Å². The molecule has 14 heavy (non-hydrogen) atoms. The molecule has 0 spiro atoms. The van der Waals surface area contributed by atoms with Crippen LogP contribution in [0.5, 0.6) is 0 Å². The van der Waals surface area contributed by atoms with Crippen LogP contribution in [-0.4, -0.2) is 9.78 Å². The van der Waals surface area contributed by atoms with Crippen LogP contribution in [0.4, 0.5) is 0 Å². The van der Waals surface area contributed by atoms with Gasteiger partial charge in [0.15, 0.2) is 0 Å². The number of hydrogen-bond acceptors (Lipinski definition) is 1. The van der Waals surface area contributed by atoms with Crippen LogP contribution < -0.4 is 0 Å². The fraction of sp³-hybridized carbons (Fsp3) is 0.182. The van der Waals surface area contributed by atoms with E-state index in [9.17, 15) is 0 Å². The van der Waals surface area contributed by atoms with Gasteiger partial charge in [0, 0.05) is 10.2 Å². The molecule has 0 saturated carbocycles. The Morgan fingerprint density at radius 1 is 1.14 bits per heavy atom. The van der Waals surface area contributed by atoms with Gasteiger partial charge in [0.25, 0.3) is 0 Å². The molecule has 0 unspecified atom stereocenters. The Balaban J connectivity index is 2.49. The standard InChI is InChI=1S/C11H11BrN2/c1-8-7-9(2)14(13-8)11-5-3-10(12)4-6-11/h3-7H,1-2H3. The predicted octanol–water partition coefficient (Wildman–Crippen LogP) is 3.25. The normalized spacial score (nSPS) is 10.5. The maximum absolute atomic E-state index is 4.41. The third-order valence-corrected chi connectivity index (χ3v) is 2.61. The van der Waals surface area contributed by atoms with E-state index >= 15 is 0 Å². The minimum Gasteiger partial charge on any atom is -0.238 e. The zero-order chi connectivity index (χ0) is 10.1. The Hall–Kier alpha value is -1.09. The van der Waals surface area contributed by atoms with Crippen LogP contribution in [0.1, 0.15) is 11.4 Å². The fourth-order valence-electron chi connectivity index (χ4n) is 1.47. The van der Waals surface area contributed by atoms with Crippen LogP contribution in [0.2, 0.25) is 0 Å². The highest BCUT2D eigenvalue weighted by molar-refractivity contribution is 9.10. The lowest BCUT2D eigenvalue weighted by Gasteiger charge is -2.03. The SMILES string of the molecule is Cc1cc(C)n(-c2ccc(Br)cc2)n1. The Morgan fingerprint density at radius 2 is 1.79 bits per heavy atom. The molecule has 0 atom stereocenters. The molecule has 72 valence electrons. The molecule has 2 nitrogen and oxygen atoms in total. The van der Waals surface area contributed by atoms with E-state index < -0.39 is 0 Å². The summed E-state index contributed by atoms with van der Waals surface area (Å²) in [6.45, 7) is 4.06. The van der Waals surface area contributed by atoms with Crippen molar-refractivity contribution in [3.63, 3.8) is 0 Å². The summed E-state index contributed by atoms with van der Waals surface area (Å²) in [7, 11) is 0. The molecule has 0 N–H and O–H groups in total. The molecular formula is C11H11BrN2. The van der Waals surface area contributed by atoms with Crippen molar-refractivity contribution in [2.75, 3.05) is 0 Å². The zero-order valence-electron chi connectivity index (χ0n) is 8.16. The third kappa shape index (κ3) is 1.73. The first-order valence-electron chi connectivity index (χ1n) is 4.46. The number of rotatable bonds is 1. The molecule has 0 fully saturated rings. The smallest absolute Gasteiger partial charge is 0.0649 e. The molecule has 0 saturated heterocycles. The highest BCUT2D eigenvalue weighted by Crippen LogP contribution is 2.15. The van der Waals surface area contributed by atoms with Gasteiger partial charge in [0.2, 0.25) is 0 Å². The van der Waals surface area contributed by atoms with Crippen LogP contribution >= 0.6 is 15.9 Å². The van der Waals surface area contributed by atoms with Gasteiger partial charge in [-0.25, -0.2) is 4.68 Å². The van der Waals surface area contributed by atoms with Gasteiger partial charge >= 0.3 is 0 Å². The quantitative estimate of drug-likeness (QED) is 0.760. The fourth-order valence-corrected chi connectivity index (χ4v) is 1.74. The number of nitrogens with zero attached hydrogens (tertiary/aromatic N) is 2. The topological polar surface area (TPSA) is 17.8 Å². The molecule has 2 rings (SSSR count). The number of benzene rings is 1. The molecule has 1 aromatic heterocycles. The third-order valence-electron chi connectivity index (χ3n) is 2.08. The summed E-state index contributed by atoms with van der Waals surface area (Å²) in [5.74, 6) is 0. The van der Waals surface area contributed by atoms with E-state index in [0.717, 1.165) is 21.5 Å². The molecule has 0 radical (unpaired) electrons. The van der Waals surface area contributed by atoms with Crippen molar-refractivity contribution in [1.82, 2.24) is 9.78 Å². The van der Waals surface area contributed by atoms with Crippen LogP contribution in [0.3, 0.4) is 0 Å². The molecule has 0 bridgehead atoms. The van der Waals surface area contributed by atoms with E-state index in [-0.39, 0.29) is 0 Å². The molecule has 1 heterocycles. The maximum Gasteiger partial charge on any atom is 0.0649 e. The van der Waals surface area contributed by atoms with Gasteiger partial charge in [0.1, 0.15) is 0 Å². The second kappa shape index (κ2) is 3.58. The first-order valence-corrected chi connectivity index (χ1v) is 5.25. The Kier molecular flexibility index (Phi) is 2.42. The van der Waals surface area contributed by atoms with E-state index in [1.165, 1.54) is 0 Å². The van der Waals surface area contributed by atoms with Crippen molar-refractivity contribution in [2.45, 2.75) is 13.8 Å². The van der Waals surface area contributed by atoms with Crippen LogP contribution in [0.25, 0.3) is 5.69 Å². The van der Waals surface area contributed by atoms with E-state index in [4.69, 9.17) is 0 Å². The van der Waals surface area contributed by atoms with E-state index in [2.05, 4.69) is 34.0 Å². The minimum absolute atomic E-state index is 1.05. The van der Waals surface area contributed by atoms with E-state index in [0.29, 0.717) is 0 Å². The summed E-state index contributed by atoms with van der Waals surface area (Å²) < 4.78 is 3.03. The molecule has 3 heteroatoms. The Bertz CT molecular complexity index is 443. The Morgan fingerprint density at radius 3 is 2.29 bits per heavy atom. The Labute approximate surface area is 91.7 Å². The molecule has 1 aromatic carbocycles. The lowest BCUT2D eigenvalue weighted by atomic mass is 10.3. The monoisotopic (exact) mass is 250 g/mol. The van der Waals surface area contributed by atoms with Crippen molar-refractivity contribution in [1.29, 1.82) is 0 Å². The summed E-state index contributed by atoms with van der Waals surface area (Å²) >= 11 is 3.41. The maximum atomic E-state index is 4.41. The summed E-state index contributed by atoms with van der Waals surface area (Å²) in [6.07, 6.45) is 0. The molecule has 0 aliphatic rings. The predicted molar refractivity (Wildman–Crippen MR) is 60.7 cm³/mol. The number of hydrogen-bond donors (Lipinski definition) is 0. The average Bonchev–Trinajstić information content (AvgIpc) is 2.47. The van der Waals surface area contributed by atoms with E-state index in [1.807, 2.05) is 35.9 Å². The lowest BCUT2D eigenvalue weighted by molar-refractivity contribution is 0.833.